The average molecular weight is 372 g/mol. The van der Waals surface area contributed by atoms with Crippen molar-refractivity contribution in [2.75, 3.05) is 32.6 Å². The van der Waals surface area contributed by atoms with E-state index in [2.05, 4.69) is 27.0 Å². The van der Waals surface area contributed by atoms with Gasteiger partial charge in [-0.1, -0.05) is 12.1 Å². The van der Waals surface area contributed by atoms with E-state index in [-0.39, 0.29) is 18.3 Å². The van der Waals surface area contributed by atoms with Gasteiger partial charge in [0.05, 0.1) is 13.7 Å². The number of rotatable bonds is 7. The fourth-order valence-electron chi connectivity index (χ4n) is 2.47. The second kappa shape index (κ2) is 10.2. The molecule has 6 nitrogen and oxygen atoms in total. The quantitative estimate of drug-likeness (QED) is 0.516. The molecule has 3 N–H and O–H groups in total. The van der Waals surface area contributed by atoms with E-state index in [1.807, 2.05) is 19.1 Å². The van der Waals surface area contributed by atoms with Gasteiger partial charge in [0.15, 0.2) is 5.96 Å². The number of carbonyl (C=O) groups excluding carboxylic acids is 1. The molecule has 0 fully saturated rings. The maximum Gasteiger partial charge on any atom is 0.243 e. The van der Waals surface area contributed by atoms with Gasteiger partial charge in [-0.3, -0.25) is 9.79 Å². The Kier molecular flexibility index (Phi) is 7.61. The molecule has 0 saturated carbocycles. The molecule has 0 aliphatic heterocycles. The molecular formula is C20H25FN4O2. The van der Waals surface area contributed by atoms with Crippen molar-refractivity contribution in [2.24, 2.45) is 4.99 Å². The molecule has 2 rings (SSSR count). The highest BCUT2D eigenvalue weighted by molar-refractivity contribution is 5.94. The highest BCUT2D eigenvalue weighted by Crippen LogP contribution is 2.18. The zero-order chi connectivity index (χ0) is 19.6. The van der Waals surface area contributed by atoms with Gasteiger partial charge in [-0.05, 0) is 54.8 Å². The van der Waals surface area contributed by atoms with Crippen LogP contribution in [-0.4, -0.2) is 39.1 Å². The topological polar surface area (TPSA) is 74.8 Å². The SMILES string of the molecule is CN=C(NCCc1ccc(C)c(OC)c1)NCC(=O)Nc1ccc(F)cc1. The number of guanidine groups is 1. The number of amides is 1. The predicted molar refractivity (Wildman–Crippen MR) is 106 cm³/mol. The third-order valence-corrected chi connectivity index (χ3v) is 3.95. The summed E-state index contributed by atoms with van der Waals surface area (Å²) in [6.45, 7) is 2.71. The number of anilines is 1. The molecule has 0 aliphatic rings. The molecule has 2 aromatic carbocycles. The van der Waals surface area contributed by atoms with Crippen LogP contribution in [0.2, 0.25) is 0 Å². The molecule has 144 valence electrons. The summed E-state index contributed by atoms with van der Waals surface area (Å²) < 4.78 is 18.2. The zero-order valence-electron chi connectivity index (χ0n) is 15.8. The van der Waals surface area contributed by atoms with E-state index in [0.717, 1.165) is 23.3 Å². The highest BCUT2D eigenvalue weighted by Gasteiger charge is 2.05. The molecule has 7 heteroatoms. The van der Waals surface area contributed by atoms with Crippen molar-refractivity contribution in [1.29, 1.82) is 0 Å². The Bertz CT molecular complexity index is 791. The van der Waals surface area contributed by atoms with Crippen LogP contribution in [0.3, 0.4) is 0 Å². The molecule has 0 bridgehead atoms. The van der Waals surface area contributed by atoms with E-state index in [9.17, 15) is 9.18 Å². The lowest BCUT2D eigenvalue weighted by Gasteiger charge is -2.13. The highest BCUT2D eigenvalue weighted by atomic mass is 19.1. The summed E-state index contributed by atoms with van der Waals surface area (Å²) in [5.41, 5.74) is 2.78. The van der Waals surface area contributed by atoms with E-state index in [4.69, 9.17) is 4.74 Å². The number of hydrogen-bond acceptors (Lipinski definition) is 3. The second-order valence-electron chi connectivity index (χ2n) is 5.96. The van der Waals surface area contributed by atoms with Crippen LogP contribution in [0.5, 0.6) is 5.75 Å². The maximum absolute atomic E-state index is 12.9. The lowest BCUT2D eigenvalue weighted by molar-refractivity contribution is -0.115. The van der Waals surface area contributed by atoms with Crippen molar-refractivity contribution in [2.45, 2.75) is 13.3 Å². The van der Waals surface area contributed by atoms with Crippen LogP contribution >= 0.6 is 0 Å². The van der Waals surface area contributed by atoms with Gasteiger partial charge in [-0.15, -0.1) is 0 Å². The van der Waals surface area contributed by atoms with E-state index in [1.54, 1.807) is 14.2 Å². The molecular weight excluding hydrogens is 347 g/mol. The zero-order valence-corrected chi connectivity index (χ0v) is 15.8. The van der Waals surface area contributed by atoms with Crippen LogP contribution in [0, 0.1) is 12.7 Å². The molecule has 27 heavy (non-hydrogen) atoms. The first-order chi connectivity index (χ1) is 13.0. The normalized spacial score (nSPS) is 11.0. The third kappa shape index (κ3) is 6.62. The van der Waals surface area contributed by atoms with E-state index < -0.39 is 0 Å². The Labute approximate surface area is 158 Å². The first-order valence-corrected chi connectivity index (χ1v) is 8.65. The van der Waals surface area contributed by atoms with Crippen molar-refractivity contribution in [1.82, 2.24) is 10.6 Å². The van der Waals surface area contributed by atoms with Crippen LogP contribution in [0.4, 0.5) is 10.1 Å². The van der Waals surface area contributed by atoms with E-state index in [0.29, 0.717) is 18.2 Å². The maximum atomic E-state index is 12.9. The van der Waals surface area contributed by atoms with Gasteiger partial charge in [0.25, 0.3) is 0 Å². The number of benzene rings is 2. The summed E-state index contributed by atoms with van der Waals surface area (Å²) in [7, 11) is 3.30. The first-order valence-electron chi connectivity index (χ1n) is 8.65. The summed E-state index contributed by atoms with van der Waals surface area (Å²) in [5, 5.41) is 8.80. The van der Waals surface area contributed by atoms with Crippen molar-refractivity contribution < 1.29 is 13.9 Å². The number of ether oxygens (including phenoxy) is 1. The van der Waals surface area contributed by atoms with Crippen LogP contribution in [0.15, 0.2) is 47.5 Å². The Morgan fingerprint density at radius 3 is 2.56 bits per heavy atom. The number of hydrogen-bond donors (Lipinski definition) is 3. The van der Waals surface area contributed by atoms with Gasteiger partial charge >= 0.3 is 0 Å². The monoisotopic (exact) mass is 372 g/mol. The third-order valence-electron chi connectivity index (χ3n) is 3.95. The molecule has 0 aliphatic carbocycles. The molecule has 0 radical (unpaired) electrons. The number of halogens is 1. The Balaban J connectivity index is 1.75. The van der Waals surface area contributed by atoms with Crippen molar-refractivity contribution in [3.05, 3.63) is 59.4 Å². The lowest BCUT2D eigenvalue weighted by atomic mass is 10.1. The Morgan fingerprint density at radius 2 is 1.89 bits per heavy atom. The number of aryl methyl sites for hydroxylation is 1. The number of nitrogens with zero attached hydrogens (tertiary/aromatic N) is 1. The van der Waals surface area contributed by atoms with Crippen molar-refractivity contribution in [3.8, 4) is 5.75 Å². The largest absolute Gasteiger partial charge is 0.496 e. The molecule has 0 aromatic heterocycles. The second-order valence-corrected chi connectivity index (χ2v) is 5.96. The predicted octanol–water partition coefficient (Wildman–Crippen LogP) is 2.49. The molecule has 0 atom stereocenters. The van der Waals surface area contributed by atoms with Crippen LogP contribution in [-0.2, 0) is 11.2 Å². The molecule has 2 aromatic rings. The van der Waals surface area contributed by atoms with Gasteiger partial charge in [-0.25, -0.2) is 4.39 Å². The fraction of sp³-hybridized carbons (Fsp3) is 0.300. The minimum absolute atomic E-state index is 0.0510. The summed E-state index contributed by atoms with van der Waals surface area (Å²) >= 11 is 0. The smallest absolute Gasteiger partial charge is 0.243 e. The average Bonchev–Trinajstić information content (AvgIpc) is 2.67. The Hall–Kier alpha value is -3.09. The summed E-state index contributed by atoms with van der Waals surface area (Å²) in [4.78, 5) is 16.0. The fourth-order valence-corrected chi connectivity index (χ4v) is 2.47. The minimum atomic E-state index is -0.345. The molecule has 1 amide bonds. The number of aliphatic imine (C=N–C) groups is 1. The molecule has 0 spiro atoms. The summed E-state index contributed by atoms with van der Waals surface area (Å²) in [5.74, 6) is 0.811. The van der Waals surface area contributed by atoms with E-state index >= 15 is 0 Å². The number of carbonyl (C=O) groups is 1. The first kappa shape index (κ1) is 20.2. The standard InChI is InChI=1S/C20H25FN4O2/c1-14-4-5-15(12-18(14)27-3)10-11-23-20(22-2)24-13-19(26)25-17-8-6-16(21)7-9-17/h4-9,12H,10-11,13H2,1-3H3,(H,25,26)(H2,22,23,24). The van der Waals surface area contributed by atoms with Crippen molar-refractivity contribution >= 4 is 17.6 Å². The minimum Gasteiger partial charge on any atom is -0.496 e. The number of nitrogens with one attached hydrogen (secondary N) is 3. The molecule has 0 heterocycles. The Morgan fingerprint density at radius 1 is 1.15 bits per heavy atom. The lowest BCUT2D eigenvalue weighted by Crippen LogP contribution is -2.42. The van der Waals surface area contributed by atoms with Gasteiger partial charge in [0.1, 0.15) is 11.6 Å². The van der Waals surface area contributed by atoms with Crippen LogP contribution in [0.25, 0.3) is 0 Å². The van der Waals surface area contributed by atoms with Gasteiger partial charge in [-0.2, -0.15) is 0 Å². The summed E-state index contributed by atoms with van der Waals surface area (Å²) in [6, 6.07) is 11.7. The number of methoxy groups -OCH3 is 1. The van der Waals surface area contributed by atoms with Gasteiger partial charge in [0, 0.05) is 19.3 Å². The van der Waals surface area contributed by atoms with Gasteiger partial charge < -0.3 is 20.7 Å². The van der Waals surface area contributed by atoms with E-state index in [1.165, 1.54) is 24.3 Å². The molecule has 0 unspecified atom stereocenters. The van der Waals surface area contributed by atoms with Crippen LogP contribution in [0.1, 0.15) is 11.1 Å². The summed E-state index contributed by atoms with van der Waals surface area (Å²) in [6.07, 6.45) is 0.791. The van der Waals surface area contributed by atoms with Gasteiger partial charge in [0.2, 0.25) is 5.91 Å². The van der Waals surface area contributed by atoms with Crippen LogP contribution < -0.4 is 20.7 Å². The molecule has 0 saturated heterocycles. The van der Waals surface area contributed by atoms with Crippen molar-refractivity contribution in [3.63, 3.8) is 0 Å².